The average molecular weight is 284 g/mol. The molecule has 2 nitrogen and oxygen atoms in total. The fourth-order valence-electron chi connectivity index (χ4n) is 2.47. The first kappa shape index (κ1) is 16.3. The second-order valence-electron chi connectivity index (χ2n) is 5.10. The first-order chi connectivity index (χ1) is 8.88. The molecule has 1 aromatic carbocycles. The molecule has 0 aliphatic carbocycles. The minimum Gasteiger partial charge on any atom is -0.492 e. The van der Waals surface area contributed by atoms with E-state index < -0.39 is 0 Å². The Morgan fingerprint density at radius 2 is 1.63 bits per heavy atom. The third-order valence-corrected chi connectivity index (χ3v) is 3.71. The van der Waals surface area contributed by atoms with Crippen LogP contribution in [0, 0.1) is 0 Å². The Morgan fingerprint density at radius 1 is 1.00 bits per heavy atom. The van der Waals surface area contributed by atoms with Crippen LogP contribution in [0.15, 0.2) is 24.3 Å². The standard InChI is InChI=1S/C16H25NO.ClH/c1-2-15-7-9-16(10-8-15)18-14-13-17-11-5-3-4-6-12-17;/h7-10H,2-6,11-14H2,1H3;1H. The summed E-state index contributed by atoms with van der Waals surface area (Å²) >= 11 is 0. The van der Waals surface area contributed by atoms with E-state index in [1.807, 2.05) is 0 Å². The second kappa shape index (κ2) is 9.22. The summed E-state index contributed by atoms with van der Waals surface area (Å²) in [5.74, 6) is 1.00. The van der Waals surface area contributed by atoms with Crippen molar-refractivity contribution in [2.24, 2.45) is 0 Å². The van der Waals surface area contributed by atoms with Crippen LogP contribution in [-0.2, 0) is 6.42 Å². The molecule has 3 heteroatoms. The predicted molar refractivity (Wildman–Crippen MR) is 83.5 cm³/mol. The van der Waals surface area contributed by atoms with E-state index in [1.54, 1.807) is 0 Å². The van der Waals surface area contributed by atoms with Crippen molar-refractivity contribution in [1.29, 1.82) is 0 Å². The van der Waals surface area contributed by atoms with Gasteiger partial charge < -0.3 is 4.74 Å². The number of hydrogen-bond donors (Lipinski definition) is 0. The first-order valence-electron chi connectivity index (χ1n) is 7.32. The van der Waals surface area contributed by atoms with Crippen molar-refractivity contribution in [2.75, 3.05) is 26.2 Å². The lowest BCUT2D eigenvalue weighted by Gasteiger charge is -2.19. The monoisotopic (exact) mass is 283 g/mol. The van der Waals surface area contributed by atoms with Crippen LogP contribution in [0.4, 0.5) is 0 Å². The van der Waals surface area contributed by atoms with Gasteiger partial charge in [0, 0.05) is 6.54 Å². The zero-order valence-corrected chi connectivity index (χ0v) is 12.8. The molecule has 0 spiro atoms. The van der Waals surface area contributed by atoms with Gasteiger partial charge in [0.05, 0.1) is 0 Å². The maximum absolute atomic E-state index is 5.81. The number of halogens is 1. The van der Waals surface area contributed by atoms with Gasteiger partial charge in [0.2, 0.25) is 0 Å². The third kappa shape index (κ3) is 5.84. The normalized spacial score (nSPS) is 16.5. The van der Waals surface area contributed by atoms with Crippen LogP contribution in [0.1, 0.15) is 38.2 Å². The quantitative estimate of drug-likeness (QED) is 0.812. The van der Waals surface area contributed by atoms with Crippen LogP contribution in [-0.4, -0.2) is 31.1 Å². The van der Waals surface area contributed by atoms with Gasteiger partial charge in [-0.15, -0.1) is 12.4 Å². The molecule has 0 saturated carbocycles. The predicted octanol–water partition coefficient (Wildman–Crippen LogP) is 3.93. The van der Waals surface area contributed by atoms with Crippen LogP contribution in [0.25, 0.3) is 0 Å². The smallest absolute Gasteiger partial charge is 0.119 e. The van der Waals surface area contributed by atoms with Gasteiger partial charge in [-0.3, -0.25) is 4.90 Å². The molecule has 0 aromatic heterocycles. The molecule has 0 atom stereocenters. The number of ether oxygens (including phenoxy) is 1. The Bertz CT molecular complexity index is 331. The first-order valence-corrected chi connectivity index (χ1v) is 7.32. The van der Waals surface area contributed by atoms with E-state index in [0.717, 1.165) is 25.3 Å². The summed E-state index contributed by atoms with van der Waals surface area (Å²) in [5.41, 5.74) is 1.37. The molecule has 1 aromatic rings. The maximum Gasteiger partial charge on any atom is 0.119 e. The molecule has 0 radical (unpaired) electrons. The summed E-state index contributed by atoms with van der Waals surface area (Å²) < 4.78 is 5.81. The topological polar surface area (TPSA) is 12.5 Å². The Balaban J connectivity index is 0.00000180. The SMILES string of the molecule is CCc1ccc(OCCN2CCCCCC2)cc1.Cl. The van der Waals surface area contributed by atoms with Crippen molar-refractivity contribution in [3.05, 3.63) is 29.8 Å². The van der Waals surface area contributed by atoms with Crippen molar-refractivity contribution < 1.29 is 4.74 Å². The highest BCUT2D eigenvalue weighted by atomic mass is 35.5. The Hall–Kier alpha value is -0.730. The highest BCUT2D eigenvalue weighted by molar-refractivity contribution is 5.85. The van der Waals surface area contributed by atoms with Crippen LogP contribution in [0.3, 0.4) is 0 Å². The number of rotatable bonds is 5. The fourth-order valence-corrected chi connectivity index (χ4v) is 2.47. The molecule has 0 bridgehead atoms. The third-order valence-electron chi connectivity index (χ3n) is 3.71. The number of nitrogens with zero attached hydrogens (tertiary/aromatic N) is 1. The van der Waals surface area contributed by atoms with Crippen molar-refractivity contribution in [2.45, 2.75) is 39.0 Å². The lowest BCUT2D eigenvalue weighted by atomic mass is 10.2. The van der Waals surface area contributed by atoms with E-state index in [0.29, 0.717) is 0 Å². The van der Waals surface area contributed by atoms with Crippen LogP contribution < -0.4 is 4.74 Å². The molecule has 2 rings (SSSR count). The summed E-state index contributed by atoms with van der Waals surface area (Å²) in [5, 5.41) is 0. The minimum atomic E-state index is 0. The molecule has 1 aliphatic heterocycles. The van der Waals surface area contributed by atoms with Crippen molar-refractivity contribution in [3.63, 3.8) is 0 Å². The zero-order chi connectivity index (χ0) is 12.6. The summed E-state index contributed by atoms with van der Waals surface area (Å²) in [6, 6.07) is 8.48. The average Bonchev–Trinajstić information content (AvgIpc) is 2.68. The van der Waals surface area contributed by atoms with Gasteiger partial charge in [0.1, 0.15) is 12.4 Å². The Kier molecular flexibility index (Phi) is 7.92. The molecular formula is C16H26ClNO. The van der Waals surface area contributed by atoms with Gasteiger partial charge in [0.25, 0.3) is 0 Å². The largest absolute Gasteiger partial charge is 0.492 e. The molecule has 1 heterocycles. The van der Waals surface area contributed by atoms with Gasteiger partial charge in [-0.2, -0.15) is 0 Å². The van der Waals surface area contributed by atoms with Crippen LogP contribution in [0.2, 0.25) is 0 Å². The molecule has 1 aliphatic rings. The molecular weight excluding hydrogens is 258 g/mol. The van der Waals surface area contributed by atoms with E-state index >= 15 is 0 Å². The van der Waals surface area contributed by atoms with E-state index in [-0.39, 0.29) is 12.4 Å². The van der Waals surface area contributed by atoms with Crippen LogP contribution in [0.5, 0.6) is 5.75 Å². The summed E-state index contributed by atoms with van der Waals surface area (Å²) in [6.07, 6.45) is 6.59. The number of aryl methyl sites for hydroxylation is 1. The molecule has 1 saturated heterocycles. The number of hydrogen-bond acceptors (Lipinski definition) is 2. The molecule has 1 fully saturated rings. The molecule has 0 unspecified atom stereocenters. The summed E-state index contributed by atoms with van der Waals surface area (Å²) in [7, 11) is 0. The van der Waals surface area contributed by atoms with Crippen molar-refractivity contribution in [3.8, 4) is 5.75 Å². The lowest BCUT2D eigenvalue weighted by Crippen LogP contribution is -2.29. The Morgan fingerprint density at radius 3 is 2.21 bits per heavy atom. The van der Waals surface area contributed by atoms with Crippen molar-refractivity contribution in [1.82, 2.24) is 4.90 Å². The lowest BCUT2D eigenvalue weighted by molar-refractivity contribution is 0.214. The van der Waals surface area contributed by atoms with Crippen molar-refractivity contribution >= 4 is 12.4 Å². The summed E-state index contributed by atoms with van der Waals surface area (Å²) in [4.78, 5) is 2.54. The fraction of sp³-hybridized carbons (Fsp3) is 0.625. The summed E-state index contributed by atoms with van der Waals surface area (Å²) in [6.45, 7) is 6.55. The molecule has 0 N–H and O–H groups in total. The van der Waals surface area contributed by atoms with Gasteiger partial charge in [0.15, 0.2) is 0 Å². The van der Waals surface area contributed by atoms with Crippen LogP contribution >= 0.6 is 12.4 Å². The van der Waals surface area contributed by atoms with Gasteiger partial charge in [-0.05, 0) is 50.0 Å². The van der Waals surface area contributed by atoms with E-state index in [9.17, 15) is 0 Å². The maximum atomic E-state index is 5.81. The zero-order valence-electron chi connectivity index (χ0n) is 11.9. The molecule has 19 heavy (non-hydrogen) atoms. The van der Waals surface area contributed by atoms with E-state index in [4.69, 9.17) is 4.74 Å². The van der Waals surface area contributed by atoms with Gasteiger partial charge >= 0.3 is 0 Å². The van der Waals surface area contributed by atoms with E-state index in [2.05, 4.69) is 36.1 Å². The van der Waals surface area contributed by atoms with Gasteiger partial charge in [-0.1, -0.05) is 31.9 Å². The molecule has 0 amide bonds. The highest BCUT2D eigenvalue weighted by Crippen LogP contribution is 2.13. The Labute approximate surface area is 123 Å². The second-order valence-corrected chi connectivity index (χ2v) is 5.10. The van der Waals surface area contributed by atoms with Gasteiger partial charge in [-0.25, -0.2) is 0 Å². The van der Waals surface area contributed by atoms with E-state index in [1.165, 1.54) is 44.3 Å². The number of benzene rings is 1. The highest BCUT2D eigenvalue weighted by Gasteiger charge is 2.08. The number of likely N-dealkylation sites (tertiary alicyclic amines) is 1. The molecule has 108 valence electrons. The minimum absolute atomic E-state index is 0.